The fraction of sp³-hybridized carbons (Fsp3) is 0.875. The Balaban J connectivity index is 2.29. The Kier molecular flexibility index (Phi) is 8.42. The molecule has 0 spiro atoms. The lowest BCUT2D eigenvalue weighted by Gasteiger charge is -2.13. The summed E-state index contributed by atoms with van der Waals surface area (Å²) in [4.78, 5) is 0. The van der Waals surface area contributed by atoms with Gasteiger partial charge in [-0.25, -0.2) is 0 Å². The highest BCUT2D eigenvalue weighted by Crippen LogP contribution is 2.16. The Bertz CT molecular complexity index is 198. The molecule has 0 aromatic rings. The van der Waals surface area contributed by atoms with Crippen molar-refractivity contribution >= 4 is 0 Å². The number of allylic oxidation sites excluding steroid dienone is 2. The Hall–Kier alpha value is -0.300. The summed E-state index contributed by atoms with van der Waals surface area (Å²) in [5.41, 5.74) is 0. The minimum absolute atomic E-state index is 0.0835. The van der Waals surface area contributed by atoms with E-state index in [2.05, 4.69) is 19.1 Å². The first-order chi connectivity index (χ1) is 8.29. The summed E-state index contributed by atoms with van der Waals surface area (Å²) in [7, 11) is 0. The molecule has 2 atom stereocenters. The van der Waals surface area contributed by atoms with Crippen LogP contribution in [0.4, 0.5) is 0 Å². The molecule has 1 rings (SSSR count). The highest BCUT2D eigenvalue weighted by Gasteiger charge is 2.07. The lowest BCUT2D eigenvalue weighted by molar-refractivity contribution is 0.140. The van der Waals surface area contributed by atoms with Gasteiger partial charge >= 0.3 is 0 Å². The van der Waals surface area contributed by atoms with Gasteiger partial charge in [0.1, 0.15) is 0 Å². The summed E-state index contributed by atoms with van der Waals surface area (Å²) in [6.45, 7) is 2.22. The van der Waals surface area contributed by atoms with Crippen LogP contribution in [0, 0.1) is 5.92 Å². The van der Waals surface area contributed by atoms with E-state index >= 15 is 0 Å². The van der Waals surface area contributed by atoms with E-state index in [1.165, 1.54) is 57.8 Å². The maximum absolute atomic E-state index is 9.91. The highest BCUT2D eigenvalue weighted by molar-refractivity contribution is 4.87. The van der Waals surface area contributed by atoms with Crippen molar-refractivity contribution in [2.24, 2.45) is 5.92 Å². The molecule has 0 amide bonds. The zero-order chi connectivity index (χ0) is 12.3. The minimum Gasteiger partial charge on any atom is -0.393 e. The van der Waals surface area contributed by atoms with Gasteiger partial charge in [-0.15, -0.1) is 0 Å². The van der Waals surface area contributed by atoms with Crippen LogP contribution in [0.1, 0.15) is 77.6 Å². The van der Waals surface area contributed by atoms with Crippen LogP contribution in [0.5, 0.6) is 0 Å². The smallest absolute Gasteiger partial charge is 0.0545 e. The number of hydrogen-bond donors (Lipinski definition) is 1. The van der Waals surface area contributed by atoms with Gasteiger partial charge < -0.3 is 5.11 Å². The molecule has 0 aromatic carbocycles. The van der Waals surface area contributed by atoms with E-state index in [1.807, 2.05) is 0 Å². The van der Waals surface area contributed by atoms with Gasteiger partial charge in [0, 0.05) is 0 Å². The van der Waals surface area contributed by atoms with E-state index in [-0.39, 0.29) is 6.10 Å². The minimum atomic E-state index is -0.0835. The third-order valence-electron chi connectivity index (χ3n) is 3.77. The third-order valence-corrected chi connectivity index (χ3v) is 3.77. The molecule has 0 saturated carbocycles. The van der Waals surface area contributed by atoms with Crippen LogP contribution >= 0.6 is 0 Å². The Morgan fingerprint density at radius 2 is 1.47 bits per heavy atom. The third kappa shape index (κ3) is 8.43. The maximum Gasteiger partial charge on any atom is 0.0545 e. The van der Waals surface area contributed by atoms with E-state index in [4.69, 9.17) is 0 Å². The number of hydrogen-bond acceptors (Lipinski definition) is 1. The van der Waals surface area contributed by atoms with Gasteiger partial charge in [-0.2, -0.15) is 0 Å². The molecule has 1 aliphatic rings. The van der Waals surface area contributed by atoms with Crippen molar-refractivity contribution in [3.05, 3.63) is 12.2 Å². The van der Waals surface area contributed by atoms with Crippen LogP contribution in [0.25, 0.3) is 0 Å². The van der Waals surface area contributed by atoms with Crippen molar-refractivity contribution in [2.45, 2.75) is 83.7 Å². The highest BCUT2D eigenvalue weighted by atomic mass is 16.3. The summed E-state index contributed by atoms with van der Waals surface area (Å²) in [5.74, 6) is 0.537. The fourth-order valence-corrected chi connectivity index (χ4v) is 2.66. The lowest BCUT2D eigenvalue weighted by Crippen LogP contribution is -2.10. The number of aliphatic hydroxyl groups is 1. The van der Waals surface area contributed by atoms with Crippen LogP contribution in [0.15, 0.2) is 12.2 Å². The van der Waals surface area contributed by atoms with Crippen molar-refractivity contribution < 1.29 is 5.11 Å². The van der Waals surface area contributed by atoms with Gasteiger partial charge in [0.2, 0.25) is 0 Å². The largest absolute Gasteiger partial charge is 0.393 e. The zero-order valence-electron chi connectivity index (χ0n) is 11.5. The predicted octanol–water partition coefficient (Wildman–Crippen LogP) is 4.84. The van der Waals surface area contributed by atoms with Crippen molar-refractivity contribution in [1.82, 2.24) is 0 Å². The molecule has 1 heteroatoms. The number of aliphatic hydroxyl groups excluding tert-OH is 1. The van der Waals surface area contributed by atoms with Crippen LogP contribution in [0.2, 0.25) is 0 Å². The van der Waals surface area contributed by atoms with Crippen molar-refractivity contribution in [3.8, 4) is 0 Å². The van der Waals surface area contributed by atoms with Gasteiger partial charge in [0.05, 0.1) is 6.10 Å². The topological polar surface area (TPSA) is 20.2 Å². The number of rotatable bonds is 0. The summed E-state index contributed by atoms with van der Waals surface area (Å²) in [5, 5.41) is 9.91. The van der Waals surface area contributed by atoms with Crippen molar-refractivity contribution in [3.63, 3.8) is 0 Å². The standard InChI is InChI=1S/C16H30O/c1-15-12-10-8-6-4-2-3-5-7-9-11-13-16(17)14-15/h10,12,15-17H,2-9,11,13-14H2,1H3/b12-10-. The Labute approximate surface area is 107 Å². The van der Waals surface area contributed by atoms with Crippen molar-refractivity contribution in [2.75, 3.05) is 0 Å². The van der Waals surface area contributed by atoms with Gasteiger partial charge in [0.25, 0.3) is 0 Å². The second-order valence-electron chi connectivity index (χ2n) is 5.70. The zero-order valence-corrected chi connectivity index (χ0v) is 11.5. The van der Waals surface area contributed by atoms with E-state index < -0.39 is 0 Å². The van der Waals surface area contributed by atoms with Crippen LogP contribution in [0.3, 0.4) is 0 Å². The van der Waals surface area contributed by atoms with Gasteiger partial charge in [-0.05, 0) is 31.6 Å². The molecule has 0 fully saturated rings. The monoisotopic (exact) mass is 238 g/mol. The Morgan fingerprint density at radius 1 is 0.882 bits per heavy atom. The molecule has 0 aliphatic heterocycles. The molecule has 1 N–H and O–H groups in total. The van der Waals surface area contributed by atoms with E-state index in [0.717, 1.165) is 12.8 Å². The molecule has 0 saturated heterocycles. The molecule has 100 valence electrons. The second-order valence-corrected chi connectivity index (χ2v) is 5.70. The first-order valence-electron chi connectivity index (χ1n) is 7.64. The maximum atomic E-state index is 9.91. The van der Waals surface area contributed by atoms with E-state index in [0.29, 0.717) is 5.92 Å². The quantitative estimate of drug-likeness (QED) is 0.598. The average Bonchev–Trinajstić information content (AvgIpc) is 2.30. The normalized spacial score (nSPS) is 32.4. The van der Waals surface area contributed by atoms with Crippen LogP contribution < -0.4 is 0 Å². The molecule has 2 unspecified atom stereocenters. The van der Waals surface area contributed by atoms with E-state index in [1.54, 1.807) is 0 Å². The summed E-state index contributed by atoms with van der Waals surface area (Å²) in [6.07, 6.45) is 18.5. The second kappa shape index (κ2) is 9.70. The first kappa shape index (κ1) is 14.8. The first-order valence-corrected chi connectivity index (χ1v) is 7.64. The molecule has 17 heavy (non-hydrogen) atoms. The fourth-order valence-electron chi connectivity index (χ4n) is 2.66. The molecular formula is C16H30O. The SMILES string of the molecule is CC1/C=C\CCCCCCCCCCC(O)C1. The summed E-state index contributed by atoms with van der Waals surface area (Å²) in [6, 6.07) is 0. The van der Waals surface area contributed by atoms with Crippen LogP contribution in [-0.4, -0.2) is 11.2 Å². The molecule has 0 heterocycles. The van der Waals surface area contributed by atoms with Crippen LogP contribution in [-0.2, 0) is 0 Å². The molecule has 1 aliphatic carbocycles. The molecule has 0 aromatic heterocycles. The molecular weight excluding hydrogens is 208 g/mol. The lowest BCUT2D eigenvalue weighted by atomic mass is 9.98. The van der Waals surface area contributed by atoms with Gasteiger partial charge in [-0.3, -0.25) is 0 Å². The van der Waals surface area contributed by atoms with E-state index in [9.17, 15) is 5.11 Å². The molecule has 0 radical (unpaired) electrons. The van der Waals surface area contributed by atoms with Gasteiger partial charge in [-0.1, -0.05) is 64.0 Å². The predicted molar refractivity (Wildman–Crippen MR) is 75.1 cm³/mol. The Morgan fingerprint density at radius 3 is 2.18 bits per heavy atom. The summed E-state index contributed by atoms with van der Waals surface area (Å²) >= 11 is 0. The van der Waals surface area contributed by atoms with Crippen molar-refractivity contribution in [1.29, 1.82) is 0 Å². The average molecular weight is 238 g/mol. The molecule has 1 nitrogen and oxygen atoms in total. The van der Waals surface area contributed by atoms with Gasteiger partial charge in [0.15, 0.2) is 0 Å². The summed E-state index contributed by atoms with van der Waals surface area (Å²) < 4.78 is 0. The molecule has 0 bridgehead atoms.